The van der Waals surface area contributed by atoms with Gasteiger partial charge >= 0.3 is 6.03 Å². The normalized spacial score (nSPS) is 30.1. The summed E-state index contributed by atoms with van der Waals surface area (Å²) in [4.78, 5) is 45.5. The number of carbonyl (C=O) groups is 3. The summed E-state index contributed by atoms with van der Waals surface area (Å²) in [5.41, 5.74) is 5.76. The van der Waals surface area contributed by atoms with Gasteiger partial charge in [0.2, 0.25) is 11.8 Å². The maximum absolute atomic E-state index is 13.8. The highest BCUT2D eigenvalue weighted by atomic mass is 79.9. The Balaban J connectivity index is 0.000000152. The Bertz CT molecular complexity index is 1780. The second-order valence-corrected chi connectivity index (χ2v) is 16.1. The van der Waals surface area contributed by atoms with Crippen LogP contribution in [0.15, 0.2) is 50.3 Å². The molecule has 8 rings (SSSR count). The number of fused-ring (bicyclic) bond motifs is 6. The molecule has 0 aromatic heterocycles. The third-order valence-corrected chi connectivity index (χ3v) is 12.9. The number of alkyl halides is 4. The summed E-state index contributed by atoms with van der Waals surface area (Å²) in [7, 11) is 3.03. The van der Waals surface area contributed by atoms with Crippen LogP contribution in [-0.2, 0) is 33.5 Å². The monoisotopic (exact) mass is 795 g/mol. The molecule has 0 bridgehead atoms. The zero-order chi connectivity index (χ0) is 34.7. The van der Waals surface area contributed by atoms with Crippen LogP contribution in [0.2, 0.25) is 0 Å². The van der Waals surface area contributed by atoms with Crippen molar-refractivity contribution < 1.29 is 31.9 Å². The largest absolute Gasteiger partial charge is 0.369 e. The Morgan fingerprint density at radius 3 is 1.67 bits per heavy atom. The minimum atomic E-state index is -2.70. The predicted molar refractivity (Wildman–Crippen MR) is 176 cm³/mol. The number of imide groups is 1. The van der Waals surface area contributed by atoms with E-state index in [9.17, 15) is 31.9 Å². The fourth-order valence-electron chi connectivity index (χ4n) is 9.28. The van der Waals surface area contributed by atoms with E-state index in [0.29, 0.717) is 12.8 Å². The summed E-state index contributed by atoms with van der Waals surface area (Å²) in [6, 6.07) is 10.9. The molecular weight excluding hydrogens is 762 g/mol. The zero-order valence-corrected chi connectivity index (χ0v) is 29.6. The highest BCUT2D eigenvalue weighted by Gasteiger charge is 2.69. The van der Waals surface area contributed by atoms with E-state index in [4.69, 9.17) is 5.73 Å². The summed E-state index contributed by atoms with van der Waals surface area (Å²) in [6.45, 7) is 0. The minimum Gasteiger partial charge on any atom is -0.369 e. The van der Waals surface area contributed by atoms with E-state index in [0.717, 1.165) is 36.1 Å². The average Bonchev–Trinajstić information content (AvgIpc) is 3.63. The molecule has 0 radical (unpaired) electrons. The van der Waals surface area contributed by atoms with Gasteiger partial charge in [0.05, 0.1) is 0 Å². The number of nitrogens with one attached hydrogen (secondary N) is 1. The third kappa shape index (κ3) is 4.56. The maximum atomic E-state index is 13.8. The van der Waals surface area contributed by atoms with Crippen LogP contribution in [0.25, 0.3) is 0 Å². The van der Waals surface area contributed by atoms with Gasteiger partial charge < -0.3 is 11.1 Å². The third-order valence-electron chi connectivity index (χ3n) is 11.9. The Morgan fingerprint density at radius 2 is 1.19 bits per heavy atom. The number of hydrogen-bond donors (Lipinski definition) is 2. The first kappa shape index (κ1) is 33.5. The summed E-state index contributed by atoms with van der Waals surface area (Å²) in [5, 5.41) is 2.87. The number of halogens is 6. The molecule has 2 aromatic rings. The van der Waals surface area contributed by atoms with Gasteiger partial charge in [0, 0.05) is 59.6 Å². The highest BCUT2D eigenvalue weighted by Crippen LogP contribution is 2.64. The lowest BCUT2D eigenvalue weighted by molar-refractivity contribution is -0.141. The minimum absolute atomic E-state index is 0.157. The van der Waals surface area contributed by atoms with Gasteiger partial charge in [-0.2, -0.15) is 0 Å². The molecule has 3 fully saturated rings. The summed E-state index contributed by atoms with van der Waals surface area (Å²) in [5.74, 6) is -5.74. The first-order chi connectivity index (χ1) is 22.4. The summed E-state index contributed by atoms with van der Waals surface area (Å²) in [6.07, 6.45) is 1.15. The van der Waals surface area contributed by atoms with Gasteiger partial charge in [0.25, 0.3) is 11.8 Å². The lowest BCUT2D eigenvalue weighted by atomic mass is 9.61. The van der Waals surface area contributed by atoms with Gasteiger partial charge in [-0.25, -0.2) is 27.3 Å². The number of benzene rings is 2. The van der Waals surface area contributed by atoms with E-state index in [-0.39, 0.29) is 69.1 Å². The second-order valence-electron chi connectivity index (χ2n) is 14.3. The van der Waals surface area contributed by atoms with Gasteiger partial charge in [-0.3, -0.25) is 19.4 Å². The molecule has 256 valence electrons. The van der Waals surface area contributed by atoms with E-state index in [1.54, 1.807) is 7.05 Å². The predicted octanol–water partition coefficient (Wildman–Crippen LogP) is 6.76. The molecule has 6 aliphatic rings. The van der Waals surface area contributed by atoms with Crippen LogP contribution in [-0.4, -0.2) is 59.5 Å². The molecule has 14 heteroatoms. The van der Waals surface area contributed by atoms with Gasteiger partial charge in [-0.15, -0.1) is 0 Å². The Hall–Kier alpha value is -3.00. The smallest absolute Gasteiger partial charge is 0.325 e. The Morgan fingerprint density at radius 1 is 0.708 bits per heavy atom. The van der Waals surface area contributed by atoms with E-state index in [1.165, 1.54) is 11.9 Å². The Labute approximate surface area is 292 Å². The van der Waals surface area contributed by atoms with Crippen LogP contribution in [0.5, 0.6) is 0 Å². The molecule has 3 N–H and O–H groups in total. The molecule has 2 unspecified atom stereocenters. The molecule has 4 amide bonds. The average molecular weight is 797 g/mol. The van der Waals surface area contributed by atoms with E-state index in [2.05, 4.69) is 42.2 Å². The van der Waals surface area contributed by atoms with Crippen LogP contribution in [0, 0.1) is 10.8 Å². The number of carbonyl (C=O) groups excluding carboxylic acids is 3. The van der Waals surface area contributed by atoms with Crippen LogP contribution in [0.1, 0.15) is 73.6 Å². The molecule has 48 heavy (non-hydrogen) atoms. The van der Waals surface area contributed by atoms with Crippen molar-refractivity contribution in [2.45, 2.75) is 87.1 Å². The number of rotatable bonds is 0. The maximum Gasteiger partial charge on any atom is 0.325 e. The number of likely N-dealkylation sites (N-methyl/N-ethyl adjacent to an activating group) is 2. The topological polar surface area (TPSA) is 108 Å². The molecule has 2 aromatic carbocycles. The van der Waals surface area contributed by atoms with Crippen molar-refractivity contribution in [2.24, 2.45) is 21.6 Å². The van der Waals surface area contributed by atoms with Crippen molar-refractivity contribution >= 4 is 55.7 Å². The molecule has 2 aliphatic heterocycles. The van der Waals surface area contributed by atoms with E-state index in [1.807, 2.05) is 36.4 Å². The number of amides is 4. The van der Waals surface area contributed by atoms with Gasteiger partial charge in [0.15, 0.2) is 17.0 Å². The van der Waals surface area contributed by atoms with Crippen molar-refractivity contribution in [3.05, 3.63) is 67.6 Å². The molecule has 2 saturated carbocycles. The number of aliphatic imine (C=N–C) groups is 1. The molecule has 4 aliphatic carbocycles. The first-order valence-corrected chi connectivity index (χ1v) is 17.6. The van der Waals surface area contributed by atoms with Crippen molar-refractivity contribution in [3.8, 4) is 0 Å². The SMILES string of the molecule is CN1C(=O)C2(N=C1N)c1cc(Br)ccc1CC21CCC(F)(F)CC1.CN1C(=O)NC2(C1=O)c1cc(Br)ccc1CC21CCC(F)(F)CC1. The quantitative estimate of drug-likeness (QED) is 0.227. The van der Waals surface area contributed by atoms with Crippen LogP contribution in [0.3, 0.4) is 0 Å². The molecule has 2 atom stereocenters. The molecular formula is C34H35Br2F4N5O3. The van der Waals surface area contributed by atoms with Gasteiger partial charge in [0.1, 0.15) is 0 Å². The van der Waals surface area contributed by atoms with Crippen molar-refractivity contribution in [1.29, 1.82) is 0 Å². The summed E-state index contributed by atoms with van der Waals surface area (Å²) < 4.78 is 56.8. The number of urea groups is 1. The zero-order valence-electron chi connectivity index (χ0n) is 26.4. The van der Waals surface area contributed by atoms with Gasteiger partial charge in [-0.1, -0.05) is 44.0 Å². The van der Waals surface area contributed by atoms with Crippen LogP contribution < -0.4 is 11.1 Å². The molecule has 2 heterocycles. The fraction of sp³-hybridized carbons (Fsp3) is 0.529. The van der Waals surface area contributed by atoms with Crippen LogP contribution in [0.4, 0.5) is 22.4 Å². The Kier molecular flexibility index (Phi) is 7.50. The lowest BCUT2D eigenvalue weighted by Gasteiger charge is -2.46. The number of guanidine groups is 1. The fourth-order valence-corrected chi connectivity index (χ4v) is 10.00. The standard InChI is InChI=1S/C17H18BrF2N3O.C17H17BrF2N2O2/c1-23-13(24)17(22-14(23)21)12-8-11(18)3-2-10(12)9-15(17)4-6-16(19,20)7-5-15;1-22-13(23)17(21-14(22)24)12-8-11(18)3-2-10(12)9-15(17)4-6-16(19,20)7-5-15/h2-3,8H,4-7,9H2,1H3,(H2,21,22);2-3,8H,4-7,9H2,1H3,(H,21,24). The number of nitrogens with two attached hydrogens (primary N) is 1. The highest BCUT2D eigenvalue weighted by molar-refractivity contribution is 9.10. The van der Waals surface area contributed by atoms with Crippen molar-refractivity contribution in [2.75, 3.05) is 14.1 Å². The molecule has 1 saturated heterocycles. The molecule has 8 nitrogen and oxygen atoms in total. The van der Waals surface area contributed by atoms with Crippen molar-refractivity contribution in [1.82, 2.24) is 15.1 Å². The summed E-state index contributed by atoms with van der Waals surface area (Å²) >= 11 is 6.87. The van der Waals surface area contributed by atoms with Crippen molar-refractivity contribution in [3.63, 3.8) is 0 Å². The number of hydrogen-bond acceptors (Lipinski definition) is 5. The van der Waals surface area contributed by atoms with E-state index < -0.39 is 39.8 Å². The van der Waals surface area contributed by atoms with E-state index >= 15 is 0 Å². The second kappa shape index (κ2) is 10.7. The first-order valence-electron chi connectivity index (χ1n) is 16.0. The van der Waals surface area contributed by atoms with Crippen LogP contribution >= 0.6 is 31.9 Å². The van der Waals surface area contributed by atoms with Gasteiger partial charge in [-0.05, 0) is 85.0 Å². The molecule has 4 spiro atoms. The number of nitrogens with zero attached hydrogens (tertiary/aromatic N) is 3. The lowest BCUT2D eigenvalue weighted by Crippen LogP contribution is -2.57.